The zero-order valence-corrected chi connectivity index (χ0v) is 15.0. The Morgan fingerprint density at radius 3 is 2.65 bits per heavy atom. The predicted octanol–water partition coefficient (Wildman–Crippen LogP) is 3.02. The smallest absolute Gasteiger partial charge is 0.254 e. The number of ether oxygens (including phenoxy) is 1. The van der Waals surface area contributed by atoms with Crippen molar-refractivity contribution >= 4 is 17.5 Å². The average Bonchev–Trinajstić information content (AvgIpc) is 2.63. The molecule has 2 aromatic carbocycles. The van der Waals surface area contributed by atoms with Gasteiger partial charge in [-0.15, -0.1) is 0 Å². The van der Waals surface area contributed by atoms with Crippen LogP contribution < -0.4 is 9.64 Å². The van der Waals surface area contributed by atoms with E-state index in [0.29, 0.717) is 24.5 Å². The minimum Gasteiger partial charge on any atom is -0.495 e. The summed E-state index contributed by atoms with van der Waals surface area (Å²) in [6.45, 7) is 4.35. The molecule has 1 aliphatic heterocycles. The molecule has 26 heavy (non-hydrogen) atoms. The van der Waals surface area contributed by atoms with Crippen molar-refractivity contribution in [3.63, 3.8) is 0 Å². The second kappa shape index (κ2) is 7.15. The van der Waals surface area contributed by atoms with Crippen molar-refractivity contribution in [2.45, 2.75) is 19.9 Å². The van der Waals surface area contributed by atoms with Crippen LogP contribution in [0.4, 0.5) is 10.1 Å². The molecule has 1 heterocycles. The molecule has 3 rings (SSSR count). The molecule has 0 aliphatic carbocycles. The molecule has 0 aromatic heterocycles. The summed E-state index contributed by atoms with van der Waals surface area (Å²) in [5, 5.41) is 0. The van der Waals surface area contributed by atoms with Crippen LogP contribution in [0.2, 0.25) is 0 Å². The molecule has 6 heteroatoms. The molecular formula is C20H21FN2O3. The highest BCUT2D eigenvalue weighted by atomic mass is 19.1. The lowest BCUT2D eigenvalue weighted by Gasteiger charge is -2.39. The van der Waals surface area contributed by atoms with E-state index in [1.807, 2.05) is 25.1 Å². The van der Waals surface area contributed by atoms with Gasteiger partial charge in [0.15, 0.2) is 0 Å². The first-order valence-corrected chi connectivity index (χ1v) is 8.45. The Bertz CT molecular complexity index is 853. The summed E-state index contributed by atoms with van der Waals surface area (Å²) in [4.78, 5) is 28.7. The highest BCUT2D eigenvalue weighted by molar-refractivity contribution is 6.04. The molecule has 0 unspecified atom stereocenters. The standard InChI is InChI=1S/C20H21FN2O3/c1-13-7-8-18(26-3)17(11-13)23-10-9-22(14(2)19(23)24)20(25)15-5-4-6-16(21)12-15/h4-8,11-12,14H,9-10H2,1-3H3/t14-/m0/s1. The molecule has 0 spiro atoms. The Morgan fingerprint density at radius 2 is 1.96 bits per heavy atom. The van der Waals surface area contributed by atoms with Gasteiger partial charge in [-0.1, -0.05) is 12.1 Å². The normalized spacial score (nSPS) is 17.4. The van der Waals surface area contributed by atoms with Crippen LogP contribution in [0.15, 0.2) is 42.5 Å². The summed E-state index contributed by atoms with van der Waals surface area (Å²) in [6, 6.07) is 10.5. The number of carbonyl (C=O) groups excluding carboxylic acids is 2. The number of nitrogens with zero attached hydrogens (tertiary/aromatic N) is 2. The molecule has 0 N–H and O–H groups in total. The van der Waals surface area contributed by atoms with Crippen LogP contribution in [-0.2, 0) is 4.79 Å². The summed E-state index contributed by atoms with van der Waals surface area (Å²) in [5.74, 6) is -0.398. The quantitative estimate of drug-likeness (QED) is 0.849. The van der Waals surface area contributed by atoms with E-state index < -0.39 is 11.9 Å². The SMILES string of the molecule is COc1ccc(C)cc1N1CCN(C(=O)c2cccc(F)c2)[C@@H](C)C1=O. The Balaban J connectivity index is 1.85. The number of aryl methyl sites for hydroxylation is 1. The lowest BCUT2D eigenvalue weighted by atomic mass is 10.1. The molecule has 1 saturated heterocycles. The van der Waals surface area contributed by atoms with Crippen molar-refractivity contribution < 1.29 is 18.7 Å². The first kappa shape index (κ1) is 17.9. The fourth-order valence-electron chi connectivity index (χ4n) is 3.19. The molecule has 5 nitrogen and oxygen atoms in total. The fourth-order valence-corrected chi connectivity index (χ4v) is 3.19. The number of halogens is 1. The van der Waals surface area contributed by atoms with E-state index in [1.54, 1.807) is 25.0 Å². The van der Waals surface area contributed by atoms with Crippen molar-refractivity contribution in [1.82, 2.24) is 4.90 Å². The maximum absolute atomic E-state index is 13.4. The third-order valence-corrected chi connectivity index (χ3v) is 4.61. The number of hydrogen-bond acceptors (Lipinski definition) is 3. The topological polar surface area (TPSA) is 49.9 Å². The first-order chi connectivity index (χ1) is 12.4. The second-order valence-corrected chi connectivity index (χ2v) is 6.35. The van der Waals surface area contributed by atoms with Crippen LogP contribution in [-0.4, -0.2) is 43.0 Å². The Labute approximate surface area is 152 Å². The minimum absolute atomic E-state index is 0.190. The number of methoxy groups -OCH3 is 1. The lowest BCUT2D eigenvalue weighted by Crippen LogP contribution is -2.57. The van der Waals surface area contributed by atoms with Crippen LogP contribution in [0.5, 0.6) is 5.75 Å². The molecule has 2 amide bonds. The lowest BCUT2D eigenvalue weighted by molar-refractivity contribution is -0.124. The van der Waals surface area contributed by atoms with Crippen LogP contribution >= 0.6 is 0 Å². The van der Waals surface area contributed by atoms with E-state index in [4.69, 9.17) is 4.74 Å². The Morgan fingerprint density at radius 1 is 1.19 bits per heavy atom. The summed E-state index contributed by atoms with van der Waals surface area (Å²) in [7, 11) is 1.56. The first-order valence-electron chi connectivity index (χ1n) is 8.45. The number of anilines is 1. The van der Waals surface area contributed by atoms with Gasteiger partial charge in [-0.05, 0) is 49.7 Å². The van der Waals surface area contributed by atoms with Crippen molar-refractivity contribution in [3.05, 3.63) is 59.4 Å². The fraction of sp³-hybridized carbons (Fsp3) is 0.300. The molecule has 0 bridgehead atoms. The molecular weight excluding hydrogens is 335 g/mol. The highest BCUT2D eigenvalue weighted by Gasteiger charge is 2.36. The monoisotopic (exact) mass is 356 g/mol. The largest absolute Gasteiger partial charge is 0.495 e. The number of benzene rings is 2. The van der Waals surface area contributed by atoms with E-state index in [9.17, 15) is 14.0 Å². The minimum atomic E-state index is -0.648. The van der Waals surface area contributed by atoms with Crippen molar-refractivity contribution in [2.75, 3.05) is 25.1 Å². The molecule has 1 atom stereocenters. The van der Waals surface area contributed by atoms with Crippen molar-refractivity contribution in [3.8, 4) is 5.75 Å². The Kier molecular flexibility index (Phi) is 4.93. The summed E-state index contributed by atoms with van der Waals surface area (Å²) >= 11 is 0. The van der Waals surface area contributed by atoms with Gasteiger partial charge in [-0.2, -0.15) is 0 Å². The van der Waals surface area contributed by atoms with Crippen LogP contribution in [0.25, 0.3) is 0 Å². The molecule has 136 valence electrons. The summed E-state index contributed by atoms with van der Waals surface area (Å²) in [6.07, 6.45) is 0. The van der Waals surface area contributed by atoms with Gasteiger partial charge < -0.3 is 14.5 Å². The maximum Gasteiger partial charge on any atom is 0.254 e. The molecule has 2 aromatic rings. The van der Waals surface area contributed by atoms with E-state index in [2.05, 4.69) is 0 Å². The Hall–Kier alpha value is -2.89. The van der Waals surface area contributed by atoms with Crippen LogP contribution in [0, 0.1) is 12.7 Å². The molecule has 0 radical (unpaired) electrons. The average molecular weight is 356 g/mol. The maximum atomic E-state index is 13.4. The van der Waals surface area contributed by atoms with E-state index in [1.165, 1.54) is 23.1 Å². The van der Waals surface area contributed by atoms with Gasteiger partial charge in [0.25, 0.3) is 5.91 Å². The number of piperazine rings is 1. The number of amides is 2. The van der Waals surface area contributed by atoms with Gasteiger partial charge >= 0.3 is 0 Å². The summed E-state index contributed by atoms with van der Waals surface area (Å²) in [5.41, 5.74) is 1.95. The van der Waals surface area contributed by atoms with Gasteiger partial charge in [-0.3, -0.25) is 9.59 Å². The van der Waals surface area contributed by atoms with E-state index in [0.717, 1.165) is 5.56 Å². The third kappa shape index (κ3) is 3.27. The predicted molar refractivity (Wildman–Crippen MR) is 97.0 cm³/mol. The van der Waals surface area contributed by atoms with Crippen LogP contribution in [0.1, 0.15) is 22.8 Å². The van der Waals surface area contributed by atoms with Crippen molar-refractivity contribution in [2.24, 2.45) is 0 Å². The second-order valence-electron chi connectivity index (χ2n) is 6.35. The number of rotatable bonds is 3. The van der Waals surface area contributed by atoms with Gasteiger partial charge in [0, 0.05) is 18.7 Å². The molecule has 1 fully saturated rings. The van der Waals surface area contributed by atoms with Gasteiger partial charge in [-0.25, -0.2) is 4.39 Å². The van der Waals surface area contributed by atoms with Crippen LogP contribution in [0.3, 0.4) is 0 Å². The molecule has 1 aliphatic rings. The van der Waals surface area contributed by atoms with E-state index >= 15 is 0 Å². The third-order valence-electron chi connectivity index (χ3n) is 4.61. The van der Waals surface area contributed by atoms with Gasteiger partial charge in [0.05, 0.1) is 12.8 Å². The summed E-state index contributed by atoms with van der Waals surface area (Å²) < 4.78 is 18.8. The number of hydrogen-bond donors (Lipinski definition) is 0. The zero-order chi connectivity index (χ0) is 18.8. The number of carbonyl (C=O) groups is 2. The zero-order valence-electron chi connectivity index (χ0n) is 15.0. The van der Waals surface area contributed by atoms with E-state index in [-0.39, 0.29) is 17.4 Å². The van der Waals surface area contributed by atoms with Gasteiger partial charge in [0.2, 0.25) is 5.91 Å². The van der Waals surface area contributed by atoms with Crippen molar-refractivity contribution in [1.29, 1.82) is 0 Å². The highest BCUT2D eigenvalue weighted by Crippen LogP contribution is 2.31. The van der Waals surface area contributed by atoms with Gasteiger partial charge in [0.1, 0.15) is 17.6 Å². The molecule has 0 saturated carbocycles.